The van der Waals surface area contributed by atoms with Crippen LogP contribution in [0, 0.1) is 0 Å². The number of hydrogen-bond acceptors (Lipinski definition) is 4. The molecule has 1 saturated heterocycles. The monoisotopic (exact) mass is 398 g/mol. The quantitative estimate of drug-likeness (QED) is 0.550. The molecular weight excluding hydrogens is 372 g/mol. The van der Waals surface area contributed by atoms with Crippen molar-refractivity contribution in [2.45, 2.75) is 6.42 Å². The van der Waals surface area contributed by atoms with Crippen LogP contribution in [0.15, 0.2) is 79.1 Å². The Morgan fingerprint density at radius 3 is 2.33 bits per heavy atom. The van der Waals surface area contributed by atoms with E-state index in [0.29, 0.717) is 0 Å². The molecule has 0 atom stereocenters. The van der Waals surface area contributed by atoms with E-state index in [1.165, 1.54) is 11.3 Å². The second-order valence-corrected chi connectivity index (χ2v) is 7.89. The van der Waals surface area contributed by atoms with Gasteiger partial charge in [-0.1, -0.05) is 30.3 Å². The molecule has 0 spiro atoms. The Morgan fingerprint density at radius 1 is 0.800 bits per heavy atom. The van der Waals surface area contributed by atoms with E-state index < -0.39 is 0 Å². The minimum Gasteiger partial charge on any atom is -0.508 e. The summed E-state index contributed by atoms with van der Waals surface area (Å²) in [6, 6.07) is 22.2. The highest BCUT2D eigenvalue weighted by Gasteiger charge is 2.17. The van der Waals surface area contributed by atoms with E-state index in [2.05, 4.69) is 69.1 Å². The number of anilines is 1. The third kappa shape index (κ3) is 4.02. The molecule has 0 radical (unpaired) electrons. The number of phenols is 1. The van der Waals surface area contributed by atoms with Gasteiger partial charge in [-0.05, 0) is 48.4 Å². The Bertz CT molecular complexity index is 1110. The summed E-state index contributed by atoms with van der Waals surface area (Å²) in [6.07, 6.45) is 5.34. The van der Waals surface area contributed by atoms with Crippen LogP contribution in [0.1, 0.15) is 5.56 Å². The van der Waals surface area contributed by atoms with Crippen molar-refractivity contribution in [2.75, 3.05) is 37.6 Å². The molecule has 2 aromatic carbocycles. The van der Waals surface area contributed by atoms with Gasteiger partial charge in [0, 0.05) is 50.7 Å². The maximum atomic E-state index is 9.50. The van der Waals surface area contributed by atoms with Crippen molar-refractivity contribution in [3.63, 3.8) is 0 Å². The van der Waals surface area contributed by atoms with Gasteiger partial charge >= 0.3 is 0 Å². The second kappa shape index (κ2) is 8.20. The number of fused-ring (bicyclic) bond motifs is 1. The van der Waals surface area contributed by atoms with E-state index in [1.54, 1.807) is 12.1 Å². The number of piperazine rings is 1. The van der Waals surface area contributed by atoms with Crippen molar-refractivity contribution in [1.82, 2.24) is 14.3 Å². The first-order valence-corrected chi connectivity index (χ1v) is 10.5. The van der Waals surface area contributed by atoms with Gasteiger partial charge in [-0.2, -0.15) is 0 Å². The van der Waals surface area contributed by atoms with E-state index in [4.69, 9.17) is 4.98 Å². The van der Waals surface area contributed by atoms with Crippen molar-refractivity contribution < 1.29 is 5.11 Å². The van der Waals surface area contributed by atoms with Crippen LogP contribution < -0.4 is 4.90 Å². The summed E-state index contributed by atoms with van der Waals surface area (Å²) in [5.74, 6) is 0.271. The molecule has 2 aromatic heterocycles. The number of benzene rings is 2. The smallest absolute Gasteiger partial charge is 0.137 e. The lowest BCUT2D eigenvalue weighted by molar-refractivity contribution is 0.261. The summed E-state index contributed by atoms with van der Waals surface area (Å²) in [6.45, 7) is 5.38. The Labute approximate surface area is 176 Å². The van der Waals surface area contributed by atoms with Gasteiger partial charge in [0.05, 0.1) is 11.4 Å². The van der Waals surface area contributed by atoms with Crippen LogP contribution in [0.2, 0.25) is 0 Å². The highest BCUT2D eigenvalue weighted by molar-refractivity contribution is 5.64. The van der Waals surface area contributed by atoms with Gasteiger partial charge in [0.2, 0.25) is 0 Å². The van der Waals surface area contributed by atoms with Crippen molar-refractivity contribution >= 4 is 11.3 Å². The average Bonchev–Trinajstić information content (AvgIpc) is 3.23. The lowest BCUT2D eigenvalue weighted by Gasteiger charge is -2.36. The molecular formula is C25H26N4O. The van der Waals surface area contributed by atoms with Gasteiger partial charge in [-0.25, -0.2) is 4.98 Å². The SMILES string of the molecule is Oc1ccc(-c2cn3cc(N4CCN(CCc5ccccc5)CC4)ccc3n2)cc1. The minimum absolute atomic E-state index is 0.271. The molecule has 5 heteroatoms. The molecule has 1 aliphatic heterocycles. The predicted molar refractivity (Wildman–Crippen MR) is 121 cm³/mol. The van der Waals surface area contributed by atoms with Crippen LogP contribution in [0.5, 0.6) is 5.75 Å². The van der Waals surface area contributed by atoms with Crippen LogP contribution >= 0.6 is 0 Å². The fourth-order valence-corrected chi connectivity index (χ4v) is 4.10. The number of pyridine rings is 1. The summed E-state index contributed by atoms with van der Waals surface area (Å²) in [5, 5.41) is 9.50. The largest absolute Gasteiger partial charge is 0.508 e. The molecule has 1 aliphatic rings. The zero-order valence-corrected chi connectivity index (χ0v) is 17.0. The first kappa shape index (κ1) is 18.7. The van der Waals surface area contributed by atoms with Crippen LogP contribution in [0.25, 0.3) is 16.9 Å². The van der Waals surface area contributed by atoms with Crippen LogP contribution in [0.3, 0.4) is 0 Å². The molecule has 152 valence electrons. The molecule has 0 unspecified atom stereocenters. The standard InChI is InChI=1S/C25H26N4O/c30-23-9-6-21(7-10-23)24-19-29-18-22(8-11-25(29)26-24)28-16-14-27(15-17-28)13-12-20-4-2-1-3-5-20/h1-11,18-19,30H,12-17H2. The number of rotatable bonds is 5. The predicted octanol–water partition coefficient (Wildman–Crippen LogP) is 4.07. The van der Waals surface area contributed by atoms with Crippen molar-refractivity contribution in [2.24, 2.45) is 0 Å². The fourth-order valence-electron chi connectivity index (χ4n) is 4.10. The van der Waals surface area contributed by atoms with E-state index in [-0.39, 0.29) is 5.75 Å². The number of hydrogen-bond donors (Lipinski definition) is 1. The van der Waals surface area contributed by atoms with Gasteiger partial charge in [-0.15, -0.1) is 0 Å². The maximum absolute atomic E-state index is 9.50. The summed E-state index contributed by atoms with van der Waals surface area (Å²) in [5.41, 5.74) is 5.50. The summed E-state index contributed by atoms with van der Waals surface area (Å²) < 4.78 is 2.10. The van der Waals surface area contributed by atoms with Crippen LogP contribution in [-0.2, 0) is 6.42 Å². The Morgan fingerprint density at radius 2 is 1.57 bits per heavy atom. The average molecular weight is 399 g/mol. The highest BCUT2D eigenvalue weighted by atomic mass is 16.3. The van der Waals surface area contributed by atoms with Gasteiger partial charge in [0.15, 0.2) is 0 Å². The second-order valence-electron chi connectivity index (χ2n) is 7.89. The molecule has 0 amide bonds. The third-order valence-corrected chi connectivity index (χ3v) is 5.90. The molecule has 3 heterocycles. The molecule has 1 N–H and O–H groups in total. The van der Waals surface area contributed by atoms with Crippen molar-refractivity contribution in [3.8, 4) is 17.0 Å². The molecule has 5 rings (SSSR count). The zero-order chi connectivity index (χ0) is 20.3. The lowest BCUT2D eigenvalue weighted by Crippen LogP contribution is -2.47. The van der Waals surface area contributed by atoms with Crippen LogP contribution in [-0.4, -0.2) is 52.1 Å². The summed E-state index contributed by atoms with van der Waals surface area (Å²) in [7, 11) is 0. The van der Waals surface area contributed by atoms with Crippen molar-refractivity contribution in [3.05, 3.63) is 84.7 Å². The number of aromatic nitrogens is 2. The molecule has 0 saturated carbocycles. The van der Waals surface area contributed by atoms with Crippen molar-refractivity contribution in [1.29, 1.82) is 0 Å². The van der Waals surface area contributed by atoms with Gasteiger partial charge in [-0.3, -0.25) is 4.90 Å². The minimum atomic E-state index is 0.271. The first-order valence-electron chi connectivity index (χ1n) is 10.5. The fraction of sp³-hybridized carbons (Fsp3) is 0.240. The molecule has 1 fully saturated rings. The summed E-state index contributed by atoms with van der Waals surface area (Å²) in [4.78, 5) is 9.73. The van der Waals surface area contributed by atoms with E-state index in [9.17, 15) is 5.11 Å². The van der Waals surface area contributed by atoms with Gasteiger partial charge < -0.3 is 14.4 Å². The lowest BCUT2D eigenvalue weighted by atomic mass is 10.1. The van der Waals surface area contributed by atoms with Crippen LogP contribution in [0.4, 0.5) is 5.69 Å². The van der Waals surface area contributed by atoms with E-state index >= 15 is 0 Å². The Balaban J connectivity index is 1.24. The summed E-state index contributed by atoms with van der Waals surface area (Å²) >= 11 is 0. The van der Waals surface area contributed by atoms with Gasteiger partial charge in [0.1, 0.15) is 11.4 Å². The number of aromatic hydroxyl groups is 1. The van der Waals surface area contributed by atoms with E-state index in [0.717, 1.165) is 56.0 Å². The number of imidazole rings is 1. The number of phenolic OH excluding ortho intramolecular Hbond substituents is 1. The molecule has 0 aliphatic carbocycles. The topological polar surface area (TPSA) is 44.0 Å². The maximum Gasteiger partial charge on any atom is 0.137 e. The number of nitrogens with zero attached hydrogens (tertiary/aromatic N) is 4. The molecule has 0 bridgehead atoms. The Hall–Kier alpha value is -3.31. The van der Waals surface area contributed by atoms with Gasteiger partial charge in [0.25, 0.3) is 0 Å². The Kier molecular flexibility index (Phi) is 5.11. The first-order chi connectivity index (χ1) is 14.7. The highest BCUT2D eigenvalue weighted by Crippen LogP contribution is 2.24. The molecule has 4 aromatic rings. The van der Waals surface area contributed by atoms with E-state index in [1.807, 2.05) is 12.1 Å². The normalized spacial score (nSPS) is 15.0. The zero-order valence-electron chi connectivity index (χ0n) is 17.0. The third-order valence-electron chi connectivity index (χ3n) is 5.90. The molecule has 5 nitrogen and oxygen atoms in total. The molecule has 30 heavy (non-hydrogen) atoms.